The summed E-state index contributed by atoms with van der Waals surface area (Å²) in [5, 5.41) is 3.83. The number of amides is 1. The number of rotatable bonds is 2. The van der Waals surface area contributed by atoms with Gasteiger partial charge in [-0.3, -0.25) is 4.79 Å². The van der Waals surface area contributed by atoms with Gasteiger partial charge in [0, 0.05) is 0 Å². The van der Waals surface area contributed by atoms with Crippen molar-refractivity contribution in [3.63, 3.8) is 0 Å². The quantitative estimate of drug-likeness (QED) is 0.882. The molecule has 3 rings (SSSR count). The van der Waals surface area contributed by atoms with Gasteiger partial charge in [-0.15, -0.1) is 0 Å². The Hall–Kier alpha value is -2.35. The molecule has 1 fully saturated rings. The molecule has 1 aromatic carbocycles. The predicted molar refractivity (Wildman–Crippen MR) is 81.1 cm³/mol. The number of halogens is 3. The Balaban J connectivity index is 2.00. The molecule has 8 heteroatoms. The van der Waals surface area contributed by atoms with E-state index >= 15 is 0 Å². The van der Waals surface area contributed by atoms with E-state index in [1.165, 1.54) is 21.9 Å². The fourth-order valence-electron chi connectivity index (χ4n) is 2.80. The fourth-order valence-corrected chi connectivity index (χ4v) is 2.80. The van der Waals surface area contributed by atoms with E-state index in [9.17, 15) is 18.0 Å². The number of aromatic nitrogens is 2. The van der Waals surface area contributed by atoms with Crippen molar-refractivity contribution in [2.45, 2.75) is 6.18 Å². The number of nitrogens with zero attached hydrogens (tertiary/aromatic N) is 3. The van der Waals surface area contributed by atoms with Crippen LogP contribution in [-0.4, -0.2) is 53.8 Å². The maximum Gasteiger partial charge on any atom is 0.434 e. The number of para-hydroxylation sites is 1. The van der Waals surface area contributed by atoms with E-state index in [-0.39, 0.29) is 5.69 Å². The molecule has 2 aromatic rings. The van der Waals surface area contributed by atoms with Crippen LogP contribution in [0.1, 0.15) is 16.1 Å². The first-order valence-corrected chi connectivity index (χ1v) is 7.69. The van der Waals surface area contributed by atoms with Gasteiger partial charge in [0.15, 0.2) is 5.69 Å². The summed E-state index contributed by atoms with van der Waals surface area (Å²) in [4.78, 5) is 15.3. The highest BCUT2D eigenvalue weighted by Gasteiger charge is 2.41. The molecule has 5 nitrogen and oxygen atoms in total. The van der Waals surface area contributed by atoms with Gasteiger partial charge in [-0.05, 0) is 12.1 Å². The van der Waals surface area contributed by atoms with Crippen LogP contribution >= 0.6 is 0 Å². The van der Waals surface area contributed by atoms with Crippen molar-refractivity contribution >= 4 is 5.91 Å². The Morgan fingerprint density at radius 3 is 2.38 bits per heavy atom. The Bertz CT molecular complexity index is 719. The highest BCUT2D eigenvalue weighted by Crippen LogP contribution is 2.34. The highest BCUT2D eigenvalue weighted by molar-refractivity contribution is 5.95. The summed E-state index contributed by atoms with van der Waals surface area (Å²) in [6.45, 7) is 2.33. The molecule has 0 bridgehead atoms. The number of piperazine rings is 1. The average Bonchev–Trinajstić information content (AvgIpc) is 3.01. The third kappa shape index (κ3) is 3.14. The molecule has 1 N–H and O–H groups in total. The second-order valence-electron chi connectivity index (χ2n) is 5.90. The van der Waals surface area contributed by atoms with E-state index in [4.69, 9.17) is 0 Å². The van der Waals surface area contributed by atoms with Crippen LogP contribution in [0.3, 0.4) is 0 Å². The SMILES string of the molecule is C[NH+]1CCN(C(=O)c2cnn(-c3ccccc3)c2C(F)(F)F)CC1. The summed E-state index contributed by atoms with van der Waals surface area (Å²) in [5.41, 5.74) is -1.15. The van der Waals surface area contributed by atoms with Crippen LogP contribution in [-0.2, 0) is 6.18 Å². The first-order chi connectivity index (χ1) is 11.4. The molecule has 0 saturated carbocycles. The molecule has 1 aromatic heterocycles. The highest BCUT2D eigenvalue weighted by atomic mass is 19.4. The van der Waals surface area contributed by atoms with Gasteiger partial charge in [0.2, 0.25) is 0 Å². The zero-order chi connectivity index (χ0) is 17.3. The summed E-state index contributed by atoms with van der Waals surface area (Å²) < 4.78 is 41.5. The van der Waals surface area contributed by atoms with E-state index in [0.717, 1.165) is 24.0 Å². The van der Waals surface area contributed by atoms with E-state index < -0.39 is 23.3 Å². The van der Waals surface area contributed by atoms with Gasteiger partial charge < -0.3 is 9.80 Å². The first kappa shape index (κ1) is 16.5. The summed E-state index contributed by atoms with van der Waals surface area (Å²) in [6.07, 6.45) is -3.65. The van der Waals surface area contributed by atoms with Crippen LogP contribution in [0.15, 0.2) is 36.5 Å². The van der Waals surface area contributed by atoms with Crippen LogP contribution < -0.4 is 4.90 Å². The van der Waals surface area contributed by atoms with Gasteiger partial charge >= 0.3 is 6.18 Å². The third-order valence-electron chi connectivity index (χ3n) is 4.17. The van der Waals surface area contributed by atoms with Gasteiger partial charge in [0.05, 0.1) is 50.7 Å². The number of carbonyl (C=O) groups excluding carboxylic acids is 1. The van der Waals surface area contributed by atoms with Gasteiger partial charge in [-0.2, -0.15) is 18.3 Å². The van der Waals surface area contributed by atoms with Crippen molar-refractivity contribution in [3.05, 3.63) is 47.8 Å². The molecule has 0 aliphatic carbocycles. The lowest BCUT2D eigenvalue weighted by atomic mass is 10.2. The Kier molecular flexibility index (Phi) is 4.31. The van der Waals surface area contributed by atoms with E-state index in [1.807, 2.05) is 7.05 Å². The topological polar surface area (TPSA) is 42.6 Å². The lowest BCUT2D eigenvalue weighted by molar-refractivity contribution is -0.883. The van der Waals surface area contributed by atoms with Crippen LogP contribution in [0.2, 0.25) is 0 Å². The van der Waals surface area contributed by atoms with Crippen molar-refractivity contribution < 1.29 is 22.9 Å². The Morgan fingerprint density at radius 2 is 1.79 bits per heavy atom. The normalized spacial score (nSPS) is 16.4. The standard InChI is InChI=1S/C16H17F3N4O/c1-21-7-9-22(10-8-21)15(24)13-11-20-23(14(13)16(17,18)19)12-5-3-2-4-6-12/h2-6,11H,7-10H2,1H3/p+1. The number of quaternary nitrogens is 1. The Labute approximate surface area is 137 Å². The van der Waals surface area contributed by atoms with Crippen LogP contribution in [0.4, 0.5) is 13.2 Å². The second-order valence-corrected chi connectivity index (χ2v) is 5.90. The van der Waals surface area contributed by atoms with Crippen LogP contribution in [0, 0.1) is 0 Å². The average molecular weight is 339 g/mol. The first-order valence-electron chi connectivity index (χ1n) is 7.69. The predicted octanol–water partition coefficient (Wildman–Crippen LogP) is 0.862. The zero-order valence-corrected chi connectivity index (χ0v) is 13.2. The number of hydrogen-bond acceptors (Lipinski definition) is 2. The van der Waals surface area contributed by atoms with Gasteiger partial charge in [0.1, 0.15) is 0 Å². The van der Waals surface area contributed by atoms with E-state index in [2.05, 4.69) is 5.10 Å². The minimum atomic E-state index is -4.67. The molecule has 24 heavy (non-hydrogen) atoms. The molecule has 0 radical (unpaired) electrons. The molecular formula is C16H18F3N4O+. The lowest BCUT2D eigenvalue weighted by Crippen LogP contribution is -3.12. The molecule has 0 unspecified atom stereocenters. The van der Waals surface area contributed by atoms with Crippen LogP contribution in [0.5, 0.6) is 0 Å². The van der Waals surface area contributed by atoms with Gasteiger partial charge in [-0.25, -0.2) is 4.68 Å². The van der Waals surface area contributed by atoms with Crippen molar-refractivity contribution in [2.24, 2.45) is 0 Å². The molecule has 128 valence electrons. The molecular weight excluding hydrogens is 321 g/mol. The largest absolute Gasteiger partial charge is 0.434 e. The molecule has 1 amide bonds. The minimum absolute atomic E-state index is 0.270. The number of benzene rings is 1. The number of nitrogens with one attached hydrogen (secondary N) is 1. The zero-order valence-electron chi connectivity index (χ0n) is 13.2. The van der Waals surface area contributed by atoms with Gasteiger partial charge in [0.25, 0.3) is 5.91 Å². The Morgan fingerprint density at radius 1 is 1.17 bits per heavy atom. The second kappa shape index (κ2) is 6.27. The summed E-state index contributed by atoms with van der Waals surface area (Å²) in [5.74, 6) is -0.614. The number of likely N-dealkylation sites (N-methyl/N-ethyl adjacent to an activating group) is 1. The molecule has 2 heterocycles. The molecule has 1 aliphatic heterocycles. The lowest BCUT2D eigenvalue weighted by Gasteiger charge is -2.30. The smallest absolute Gasteiger partial charge is 0.334 e. The van der Waals surface area contributed by atoms with E-state index in [0.29, 0.717) is 13.1 Å². The summed E-state index contributed by atoms with van der Waals surface area (Å²) in [7, 11) is 2.00. The molecule has 0 atom stereocenters. The molecule has 1 saturated heterocycles. The maximum atomic E-state index is 13.6. The van der Waals surface area contributed by atoms with Crippen LogP contribution in [0.25, 0.3) is 5.69 Å². The third-order valence-corrected chi connectivity index (χ3v) is 4.17. The van der Waals surface area contributed by atoms with Crippen molar-refractivity contribution in [1.82, 2.24) is 14.7 Å². The maximum absolute atomic E-state index is 13.6. The number of hydrogen-bond donors (Lipinski definition) is 1. The fraction of sp³-hybridized carbons (Fsp3) is 0.375. The summed E-state index contributed by atoms with van der Waals surface area (Å²) in [6, 6.07) is 8.01. The van der Waals surface area contributed by atoms with Crippen molar-refractivity contribution in [1.29, 1.82) is 0 Å². The minimum Gasteiger partial charge on any atom is -0.334 e. The number of carbonyl (C=O) groups is 1. The molecule has 0 spiro atoms. The monoisotopic (exact) mass is 339 g/mol. The number of alkyl halides is 3. The summed E-state index contributed by atoms with van der Waals surface area (Å²) >= 11 is 0. The van der Waals surface area contributed by atoms with Crippen molar-refractivity contribution in [3.8, 4) is 5.69 Å². The van der Waals surface area contributed by atoms with Crippen molar-refractivity contribution in [2.75, 3.05) is 33.2 Å². The molecule has 1 aliphatic rings. The van der Waals surface area contributed by atoms with Gasteiger partial charge in [-0.1, -0.05) is 18.2 Å². The van der Waals surface area contributed by atoms with E-state index in [1.54, 1.807) is 18.2 Å².